The molecule has 170 valence electrons. The molecule has 0 radical (unpaired) electrons. The number of unbranched alkanes of at least 4 members (excludes halogenated alkanes) is 2. The molecule has 0 saturated carbocycles. The fraction of sp³-hybridized carbons (Fsp3) is 0.423. The van der Waals surface area contributed by atoms with Gasteiger partial charge in [0.2, 0.25) is 11.8 Å². The van der Waals surface area contributed by atoms with E-state index < -0.39 is 0 Å². The highest BCUT2D eigenvalue weighted by atomic mass is 16.2. The van der Waals surface area contributed by atoms with Crippen LogP contribution < -0.4 is 5.32 Å². The number of hydrogen-bond donors (Lipinski definition) is 1. The highest BCUT2D eigenvalue weighted by Crippen LogP contribution is 2.18. The number of para-hydroxylation sites is 2. The van der Waals surface area contributed by atoms with Crippen molar-refractivity contribution in [3.8, 4) is 0 Å². The fourth-order valence-corrected chi connectivity index (χ4v) is 3.82. The van der Waals surface area contributed by atoms with E-state index in [1.54, 1.807) is 4.90 Å². The molecule has 3 aromatic rings. The SMILES string of the molecule is CCCC(=O)NCCCCCc1nc2ccccc2n1CC(=O)N(C)Cc1ccccc1. The van der Waals surface area contributed by atoms with Gasteiger partial charge in [-0.2, -0.15) is 0 Å². The normalized spacial score (nSPS) is 10.9. The Labute approximate surface area is 190 Å². The summed E-state index contributed by atoms with van der Waals surface area (Å²) < 4.78 is 2.06. The lowest BCUT2D eigenvalue weighted by Crippen LogP contribution is -2.30. The van der Waals surface area contributed by atoms with E-state index in [4.69, 9.17) is 4.98 Å². The number of aromatic nitrogens is 2. The second-order valence-corrected chi connectivity index (χ2v) is 8.25. The number of fused-ring (bicyclic) bond motifs is 1. The summed E-state index contributed by atoms with van der Waals surface area (Å²) >= 11 is 0. The molecule has 1 heterocycles. The van der Waals surface area contributed by atoms with Crippen molar-refractivity contribution in [3.63, 3.8) is 0 Å². The Balaban J connectivity index is 1.59. The Bertz CT molecular complexity index is 1010. The highest BCUT2D eigenvalue weighted by Gasteiger charge is 2.16. The molecule has 3 rings (SSSR count). The molecule has 6 heteroatoms. The first-order valence-electron chi connectivity index (χ1n) is 11.6. The van der Waals surface area contributed by atoms with Crippen molar-refractivity contribution >= 4 is 22.8 Å². The van der Waals surface area contributed by atoms with Crippen molar-refractivity contribution in [2.24, 2.45) is 0 Å². The van der Waals surface area contributed by atoms with Gasteiger partial charge in [-0.25, -0.2) is 4.98 Å². The van der Waals surface area contributed by atoms with Crippen molar-refractivity contribution in [2.45, 2.75) is 58.5 Å². The molecule has 2 aromatic carbocycles. The molecular weight excluding hydrogens is 400 g/mol. The number of rotatable bonds is 12. The van der Waals surface area contributed by atoms with Crippen molar-refractivity contribution in [2.75, 3.05) is 13.6 Å². The van der Waals surface area contributed by atoms with Crippen LogP contribution in [-0.4, -0.2) is 39.9 Å². The van der Waals surface area contributed by atoms with Gasteiger partial charge in [-0.15, -0.1) is 0 Å². The highest BCUT2D eigenvalue weighted by molar-refractivity contribution is 5.81. The molecule has 0 aliphatic carbocycles. The van der Waals surface area contributed by atoms with Gasteiger partial charge in [0.1, 0.15) is 12.4 Å². The topological polar surface area (TPSA) is 67.2 Å². The fourth-order valence-electron chi connectivity index (χ4n) is 3.82. The number of nitrogens with one attached hydrogen (secondary N) is 1. The van der Waals surface area contributed by atoms with E-state index in [0.29, 0.717) is 13.0 Å². The molecule has 1 N–H and O–H groups in total. The van der Waals surface area contributed by atoms with Crippen molar-refractivity contribution in [3.05, 3.63) is 66.0 Å². The number of carbonyl (C=O) groups excluding carboxylic acids is 2. The quantitative estimate of drug-likeness (QED) is 0.432. The van der Waals surface area contributed by atoms with Gasteiger partial charge in [-0.3, -0.25) is 9.59 Å². The molecular formula is C26H34N4O2. The predicted molar refractivity (Wildman–Crippen MR) is 128 cm³/mol. The monoisotopic (exact) mass is 434 g/mol. The van der Waals surface area contributed by atoms with E-state index in [9.17, 15) is 9.59 Å². The van der Waals surface area contributed by atoms with Crippen LogP contribution in [0.1, 0.15) is 50.4 Å². The Morgan fingerprint density at radius 3 is 2.53 bits per heavy atom. The molecule has 0 spiro atoms. The molecule has 0 bridgehead atoms. The summed E-state index contributed by atoms with van der Waals surface area (Å²) in [6, 6.07) is 18.0. The summed E-state index contributed by atoms with van der Waals surface area (Å²) in [6.45, 7) is 3.60. The van der Waals surface area contributed by atoms with Crippen LogP contribution in [0, 0.1) is 0 Å². The number of imidazole rings is 1. The van der Waals surface area contributed by atoms with Gasteiger partial charge >= 0.3 is 0 Å². The van der Waals surface area contributed by atoms with Crippen LogP contribution >= 0.6 is 0 Å². The zero-order valence-corrected chi connectivity index (χ0v) is 19.2. The van der Waals surface area contributed by atoms with Crippen LogP contribution in [0.2, 0.25) is 0 Å². The van der Waals surface area contributed by atoms with Crippen LogP contribution in [-0.2, 0) is 29.1 Å². The van der Waals surface area contributed by atoms with E-state index in [0.717, 1.165) is 61.1 Å². The molecule has 0 aliphatic rings. The Hall–Kier alpha value is -3.15. The zero-order chi connectivity index (χ0) is 22.8. The summed E-state index contributed by atoms with van der Waals surface area (Å²) in [6.07, 6.45) is 5.22. The smallest absolute Gasteiger partial charge is 0.242 e. The Morgan fingerprint density at radius 2 is 1.75 bits per heavy atom. The second-order valence-electron chi connectivity index (χ2n) is 8.25. The summed E-state index contributed by atoms with van der Waals surface area (Å²) in [4.78, 5) is 31.1. The van der Waals surface area contributed by atoms with E-state index in [2.05, 4.69) is 9.88 Å². The number of benzene rings is 2. The summed E-state index contributed by atoms with van der Waals surface area (Å²) in [5.74, 6) is 1.15. The van der Waals surface area contributed by atoms with Gasteiger partial charge in [0, 0.05) is 33.0 Å². The summed E-state index contributed by atoms with van der Waals surface area (Å²) in [7, 11) is 1.85. The molecule has 6 nitrogen and oxygen atoms in total. The molecule has 0 atom stereocenters. The van der Waals surface area contributed by atoms with E-state index in [1.807, 2.05) is 68.6 Å². The third-order valence-corrected chi connectivity index (χ3v) is 5.59. The van der Waals surface area contributed by atoms with Crippen LogP contribution in [0.15, 0.2) is 54.6 Å². The van der Waals surface area contributed by atoms with Crippen molar-refractivity contribution in [1.29, 1.82) is 0 Å². The first kappa shape index (κ1) is 23.5. The Morgan fingerprint density at radius 1 is 1.00 bits per heavy atom. The van der Waals surface area contributed by atoms with Gasteiger partial charge in [0.25, 0.3) is 0 Å². The average molecular weight is 435 g/mol. The average Bonchev–Trinajstić information content (AvgIpc) is 3.14. The van der Waals surface area contributed by atoms with Gasteiger partial charge in [-0.1, -0.05) is 55.8 Å². The number of amides is 2. The number of likely N-dealkylation sites (N-methyl/N-ethyl adjacent to an activating group) is 1. The van der Waals surface area contributed by atoms with Crippen LogP contribution in [0.4, 0.5) is 0 Å². The number of carbonyl (C=O) groups is 2. The lowest BCUT2D eigenvalue weighted by Gasteiger charge is -2.19. The van der Waals surface area contributed by atoms with Crippen LogP contribution in [0.25, 0.3) is 11.0 Å². The number of hydrogen-bond acceptors (Lipinski definition) is 3. The largest absolute Gasteiger partial charge is 0.356 e. The lowest BCUT2D eigenvalue weighted by molar-refractivity contribution is -0.131. The first-order chi connectivity index (χ1) is 15.6. The molecule has 0 unspecified atom stereocenters. The Kier molecular flexibility index (Phi) is 8.84. The summed E-state index contributed by atoms with van der Waals surface area (Å²) in [5, 5.41) is 2.96. The van der Waals surface area contributed by atoms with Gasteiger partial charge < -0.3 is 14.8 Å². The van der Waals surface area contributed by atoms with Crippen LogP contribution in [0.5, 0.6) is 0 Å². The third-order valence-electron chi connectivity index (χ3n) is 5.59. The van der Waals surface area contributed by atoms with Crippen molar-refractivity contribution in [1.82, 2.24) is 19.8 Å². The second kappa shape index (κ2) is 12.0. The minimum atomic E-state index is 0.0666. The van der Waals surface area contributed by atoms with Crippen LogP contribution in [0.3, 0.4) is 0 Å². The molecule has 0 fully saturated rings. The minimum Gasteiger partial charge on any atom is -0.356 e. The van der Waals surface area contributed by atoms with E-state index >= 15 is 0 Å². The molecule has 0 saturated heterocycles. The predicted octanol–water partition coefficient (Wildman–Crippen LogP) is 4.32. The van der Waals surface area contributed by atoms with E-state index in [-0.39, 0.29) is 18.4 Å². The summed E-state index contributed by atoms with van der Waals surface area (Å²) in [5.41, 5.74) is 3.04. The maximum absolute atomic E-state index is 13.0. The molecule has 2 amide bonds. The maximum Gasteiger partial charge on any atom is 0.242 e. The first-order valence-corrected chi connectivity index (χ1v) is 11.6. The molecule has 32 heavy (non-hydrogen) atoms. The van der Waals surface area contributed by atoms with Gasteiger partial charge in [-0.05, 0) is 37.0 Å². The van der Waals surface area contributed by atoms with E-state index in [1.165, 1.54) is 0 Å². The maximum atomic E-state index is 13.0. The number of nitrogens with zero attached hydrogens (tertiary/aromatic N) is 3. The molecule has 0 aliphatic heterocycles. The lowest BCUT2D eigenvalue weighted by atomic mass is 10.2. The minimum absolute atomic E-state index is 0.0666. The number of aryl methyl sites for hydroxylation is 1. The van der Waals surface area contributed by atoms with Gasteiger partial charge in [0.05, 0.1) is 11.0 Å². The third kappa shape index (κ3) is 6.67. The van der Waals surface area contributed by atoms with Crippen molar-refractivity contribution < 1.29 is 9.59 Å². The molecule has 1 aromatic heterocycles. The van der Waals surface area contributed by atoms with Gasteiger partial charge in [0.15, 0.2) is 0 Å². The standard InChI is InChI=1S/C26H34N4O2/c1-3-12-25(31)27-18-11-5-8-17-24-28-22-15-9-10-16-23(22)30(24)20-26(32)29(2)19-21-13-6-4-7-14-21/h4,6-7,9-10,13-16H,3,5,8,11-12,17-20H2,1-2H3,(H,27,31). The zero-order valence-electron chi connectivity index (χ0n) is 19.2.